The molecule has 0 aliphatic heterocycles. The van der Waals surface area contributed by atoms with Crippen LogP contribution in [0.4, 0.5) is 8.78 Å². The lowest BCUT2D eigenvalue weighted by Gasteiger charge is -2.12. The molecule has 0 N–H and O–H groups in total. The van der Waals surface area contributed by atoms with Crippen molar-refractivity contribution in [1.82, 2.24) is 4.98 Å². The molecule has 0 aliphatic rings. The van der Waals surface area contributed by atoms with E-state index in [2.05, 4.69) is 9.38 Å². The van der Waals surface area contributed by atoms with Crippen molar-refractivity contribution >= 4 is 17.2 Å². The molecule has 94 valence electrons. The van der Waals surface area contributed by atoms with Gasteiger partial charge in [0.2, 0.25) is 0 Å². The van der Waals surface area contributed by atoms with Crippen LogP contribution in [0.25, 0.3) is 0 Å². The van der Waals surface area contributed by atoms with Gasteiger partial charge in [0, 0.05) is 18.0 Å². The molecule has 0 saturated carbocycles. The van der Waals surface area contributed by atoms with Gasteiger partial charge in [0.1, 0.15) is 16.7 Å². The van der Waals surface area contributed by atoms with Gasteiger partial charge in [0.05, 0.1) is 4.75 Å². The van der Waals surface area contributed by atoms with Gasteiger partial charge in [-0.3, -0.25) is 4.98 Å². The summed E-state index contributed by atoms with van der Waals surface area (Å²) in [5.74, 6) is 0. The number of aromatic nitrogens is 1. The average molecular weight is 260 g/mol. The Kier molecular flexibility index (Phi) is 4.45. The standard InChI is InChI=1S/C11H14F2N2OS/c1-11(2,3)17(16)15-7-8-4-5-9(10(12)13)14-6-8/h4-7,10H,1-3H3. The Labute approximate surface area is 102 Å². The molecule has 0 aliphatic carbocycles. The van der Waals surface area contributed by atoms with Crippen molar-refractivity contribution in [3.63, 3.8) is 0 Å². The zero-order valence-electron chi connectivity index (χ0n) is 9.85. The second-order valence-electron chi connectivity index (χ2n) is 4.41. The van der Waals surface area contributed by atoms with E-state index in [0.717, 1.165) is 0 Å². The highest BCUT2D eigenvalue weighted by Crippen LogP contribution is 2.16. The van der Waals surface area contributed by atoms with Crippen molar-refractivity contribution in [3.8, 4) is 0 Å². The van der Waals surface area contributed by atoms with Gasteiger partial charge in [0.25, 0.3) is 6.43 Å². The van der Waals surface area contributed by atoms with Crippen molar-refractivity contribution < 1.29 is 13.0 Å². The third-order valence-electron chi connectivity index (χ3n) is 1.85. The highest BCUT2D eigenvalue weighted by Gasteiger charge is 2.18. The first-order chi connectivity index (χ1) is 7.80. The lowest BCUT2D eigenvalue weighted by Crippen LogP contribution is -2.19. The molecule has 6 heteroatoms. The maximum absolute atomic E-state index is 12.2. The van der Waals surface area contributed by atoms with Crippen LogP contribution in [0.5, 0.6) is 0 Å². The monoisotopic (exact) mass is 260 g/mol. The molecule has 0 amide bonds. The van der Waals surface area contributed by atoms with E-state index in [9.17, 15) is 13.0 Å². The third kappa shape index (κ3) is 4.30. The molecular weight excluding hydrogens is 246 g/mol. The Morgan fingerprint density at radius 1 is 1.41 bits per heavy atom. The molecule has 17 heavy (non-hydrogen) atoms. The smallest absolute Gasteiger partial charge is 0.255 e. The van der Waals surface area contributed by atoms with Crippen molar-refractivity contribution in [3.05, 3.63) is 29.6 Å². The van der Waals surface area contributed by atoms with Gasteiger partial charge in [-0.05, 0) is 32.9 Å². The fourth-order valence-corrected chi connectivity index (χ4v) is 1.42. The van der Waals surface area contributed by atoms with Crippen LogP contribution >= 0.6 is 0 Å². The number of halogens is 2. The molecule has 1 unspecified atom stereocenters. The summed E-state index contributed by atoms with van der Waals surface area (Å²) in [4.78, 5) is 3.58. The Bertz CT molecular complexity index is 424. The van der Waals surface area contributed by atoms with Crippen molar-refractivity contribution in [2.75, 3.05) is 0 Å². The van der Waals surface area contributed by atoms with E-state index in [1.165, 1.54) is 24.5 Å². The first kappa shape index (κ1) is 13.9. The summed E-state index contributed by atoms with van der Waals surface area (Å²) >= 11 is 0. The molecule has 0 bridgehead atoms. The Balaban J connectivity index is 2.76. The lowest BCUT2D eigenvalue weighted by molar-refractivity contribution is 0.146. The normalized spacial score (nSPS) is 14.5. The van der Waals surface area contributed by atoms with Crippen LogP contribution in [0, 0.1) is 0 Å². The van der Waals surface area contributed by atoms with Gasteiger partial charge in [-0.25, -0.2) is 13.0 Å². The average Bonchev–Trinajstić information content (AvgIpc) is 2.25. The largest absolute Gasteiger partial charge is 0.280 e. The molecule has 3 nitrogen and oxygen atoms in total. The molecule has 1 aromatic rings. The minimum absolute atomic E-state index is 0.279. The summed E-state index contributed by atoms with van der Waals surface area (Å²) in [5, 5.41) is 0. The molecule has 1 aromatic heterocycles. The van der Waals surface area contributed by atoms with Crippen LogP contribution in [0.3, 0.4) is 0 Å². The highest BCUT2D eigenvalue weighted by molar-refractivity contribution is 7.85. The number of rotatable bonds is 3. The minimum atomic E-state index is -2.58. The van der Waals surface area contributed by atoms with Crippen LogP contribution in [-0.2, 0) is 11.0 Å². The minimum Gasteiger partial charge on any atom is -0.255 e. The van der Waals surface area contributed by atoms with E-state index in [1.54, 1.807) is 20.8 Å². The predicted octanol–water partition coefficient (Wildman–Crippen LogP) is 2.90. The number of hydrogen-bond acceptors (Lipinski definition) is 2. The fourth-order valence-electron chi connectivity index (χ4n) is 0.889. The summed E-state index contributed by atoms with van der Waals surface area (Å²) in [6.45, 7) is 5.41. The lowest BCUT2D eigenvalue weighted by atomic mass is 10.3. The van der Waals surface area contributed by atoms with E-state index < -0.39 is 22.2 Å². The van der Waals surface area contributed by atoms with Crippen LogP contribution in [0.1, 0.15) is 38.5 Å². The molecule has 0 spiro atoms. The molecule has 0 saturated heterocycles. The molecule has 0 radical (unpaired) electrons. The molecular formula is C11H14F2N2OS. The highest BCUT2D eigenvalue weighted by atomic mass is 32.2. The van der Waals surface area contributed by atoms with Crippen LogP contribution in [0.2, 0.25) is 0 Å². The third-order valence-corrected chi connectivity index (χ3v) is 3.20. The maximum atomic E-state index is 12.2. The van der Waals surface area contributed by atoms with Crippen molar-refractivity contribution in [1.29, 1.82) is 0 Å². The number of pyridine rings is 1. The molecule has 0 aromatic carbocycles. The maximum Gasteiger partial charge on any atom is 0.280 e. The van der Waals surface area contributed by atoms with Crippen molar-refractivity contribution in [2.45, 2.75) is 31.9 Å². The summed E-state index contributed by atoms with van der Waals surface area (Å²) in [7, 11) is -1.36. The van der Waals surface area contributed by atoms with E-state index in [1.807, 2.05) is 0 Å². The van der Waals surface area contributed by atoms with Gasteiger partial charge in [-0.1, -0.05) is 0 Å². The fraction of sp³-hybridized carbons (Fsp3) is 0.455. The van der Waals surface area contributed by atoms with Gasteiger partial charge in [0.15, 0.2) is 0 Å². The SMILES string of the molecule is CC(C)(C)S(=O)N=Cc1ccc(C(F)F)nc1. The second kappa shape index (κ2) is 5.44. The number of hydrogen-bond donors (Lipinski definition) is 0. The van der Waals surface area contributed by atoms with Gasteiger partial charge >= 0.3 is 0 Å². The zero-order chi connectivity index (χ0) is 13.1. The first-order valence-corrected chi connectivity index (χ1v) is 6.11. The second-order valence-corrected chi connectivity index (χ2v) is 6.35. The molecule has 1 atom stereocenters. The Morgan fingerprint density at radius 3 is 2.47 bits per heavy atom. The van der Waals surface area contributed by atoms with E-state index >= 15 is 0 Å². The quantitative estimate of drug-likeness (QED) is 0.784. The summed E-state index contributed by atoms with van der Waals surface area (Å²) in [6, 6.07) is 2.70. The van der Waals surface area contributed by atoms with Gasteiger partial charge < -0.3 is 0 Å². The number of nitrogens with zero attached hydrogens (tertiary/aromatic N) is 2. The van der Waals surface area contributed by atoms with Crippen LogP contribution in [-0.4, -0.2) is 20.2 Å². The van der Waals surface area contributed by atoms with Crippen LogP contribution in [0.15, 0.2) is 22.7 Å². The van der Waals surface area contributed by atoms with Gasteiger partial charge in [-0.15, -0.1) is 0 Å². The van der Waals surface area contributed by atoms with Crippen LogP contribution < -0.4 is 0 Å². The molecule has 0 fully saturated rings. The van der Waals surface area contributed by atoms with E-state index in [0.29, 0.717) is 5.56 Å². The number of alkyl halides is 2. The predicted molar refractivity (Wildman–Crippen MR) is 64.7 cm³/mol. The zero-order valence-corrected chi connectivity index (χ0v) is 10.7. The van der Waals surface area contributed by atoms with E-state index in [4.69, 9.17) is 0 Å². The Hall–Kier alpha value is -1.17. The topological polar surface area (TPSA) is 42.3 Å². The summed E-state index contributed by atoms with van der Waals surface area (Å²) in [5.41, 5.74) is 0.270. The van der Waals surface area contributed by atoms with Gasteiger partial charge in [-0.2, -0.15) is 4.40 Å². The molecule has 1 rings (SSSR count). The summed E-state index contributed by atoms with van der Waals surface area (Å²) in [6.07, 6.45) is 0.0822. The Morgan fingerprint density at radius 2 is 2.06 bits per heavy atom. The van der Waals surface area contributed by atoms with E-state index in [-0.39, 0.29) is 5.69 Å². The molecule has 1 heterocycles. The first-order valence-electron chi connectivity index (χ1n) is 5.01. The summed E-state index contributed by atoms with van der Waals surface area (Å²) < 4.78 is 39.5. The van der Waals surface area contributed by atoms with Crippen molar-refractivity contribution in [2.24, 2.45) is 4.40 Å².